The van der Waals surface area contributed by atoms with Gasteiger partial charge in [-0.1, -0.05) is 6.92 Å². The van der Waals surface area contributed by atoms with E-state index < -0.39 is 5.97 Å². The highest BCUT2D eigenvalue weighted by Gasteiger charge is 2.24. The smallest absolute Gasteiger partial charge is 0.325 e. The van der Waals surface area contributed by atoms with E-state index >= 15 is 0 Å². The van der Waals surface area contributed by atoms with E-state index in [0.29, 0.717) is 27.2 Å². The molecule has 7 nitrogen and oxygen atoms in total. The second-order valence-electron chi connectivity index (χ2n) is 5.43. The number of amides is 1. The summed E-state index contributed by atoms with van der Waals surface area (Å²) in [5.74, 6) is -0.709. The summed E-state index contributed by atoms with van der Waals surface area (Å²) < 4.78 is 6.32. The molecule has 0 aliphatic carbocycles. The fourth-order valence-electron chi connectivity index (χ4n) is 2.44. The van der Waals surface area contributed by atoms with Crippen LogP contribution in [-0.2, 0) is 16.6 Å². The van der Waals surface area contributed by atoms with E-state index in [0.717, 1.165) is 6.42 Å². The van der Waals surface area contributed by atoms with Crippen molar-refractivity contribution in [3.63, 3.8) is 0 Å². The predicted molar refractivity (Wildman–Crippen MR) is 92.4 cm³/mol. The van der Waals surface area contributed by atoms with Gasteiger partial charge in [0.2, 0.25) is 0 Å². The minimum Gasteiger partial charge on any atom is -0.465 e. The Kier molecular flexibility index (Phi) is 5.71. The zero-order chi connectivity index (χ0) is 17.9. The van der Waals surface area contributed by atoms with Gasteiger partial charge in [-0.15, -0.1) is 11.3 Å². The van der Waals surface area contributed by atoms with E-state index in [1.807, 2.05) is 6.92 Å². The second-order valence-corrected chi connectivity index (χ2v) is 6.43. The highest BCUT2D eigenvalue weighted by atomic mass is 32.1. The van der Waals surface area contributed by atoms with Gasteiger partial charge < -0.3 is 14.2 Å². The van der Waals surface area contributed by atoms with Crippen molar-refractivity contribution >= 4 is 33.4 Å². The van der Waals surface area contributed by atoms with Gasteiger partial charge in [0.25, 0.3) is 11.5 Å². The van der Waals surface area contributed by atoms with Crippen molar-refractivity contribution in [2.45, 2.75) is 27.2 Å². The highest BCUT2D eigenvalue weighted by molar-refractivity contribution is 7.20. The number of aryl methyl sites for hydroxylation is 2. The first-order chi connectivity index (χ1) is 11.4. The lowest BCUT2D eigenvalue weighted by Gasteiger charge is -2.20. The van der Waals surface area contributed by atoms with Crippen LogP contribution in [0.25, 0.3) is 10.2 Å². The number of carbonyl (C=O) groups excluding carboxylic acids is 2. The largest absolute Gasteiger partial charge is 0.465 e. The fourth-order valence-corrected chi connectivity index (χ4v) is 3.55. The van der Waals surface area contributed by atoms with Crippen molar-refractivity contribution in [3.05, 3.63) is 27.1 Å². The van der Waals surface area contributed by atoms with E-state index in [1.54, 1.807) is 20.9 Å². The minimum absolute atomic E-state index is 0.0976. The second kappa shape index (κ2) is 7.57. The molecule has 0 saturated carbocycles. The first-order valence-corrected chi connectivity index (χ1v) is 8.61. The number of thiophene rings is 1. The average molecular weight is 351 g/mol. The molecule has 8 heteroatoms. The maximum absolute atomic E-state index is 12.9. The summed E-state index contributed by atoms with van der Waals surface area (Å²) in [4.78, 5) is 43.5. The summed E-state index contributed by atoms with van der Waals surface area (Å²) in [6.07, 6.45) is 2.16. The van der Waals surface area contributed by atoms with Gasteiger partial charge in [-0.25, -0.2) is 4.98 Å². The summed E-state index contributed by atoms with van der Waals surface area (Å²) in [6.45, 7) is 6.01. The van der Waals surface area contributed by atoms with Crippen LogP contribution < -0.4 is 5.56 Å². The van der Waals surface area contributed by atoms with Crippen molar-refractivity contribution in [2.24, 2.45) is 7.05 Å². The molecule has 0 fully saturated rings. The number of aromatic nitrogens is 2. The van der Waals surface area contributed by atoms with E-state index in [1.165, 1.54) is 27.1 Å². The van der Waals surface area contributed by atoms with Gasteiger partial charge in [-0.3, -0.25) is 14.4 Å². The van der Waals surface area contributed by atoms with Gasteiger partial charge in [0.05, 0.1) is 23.2 Å². The summed E-state index contributed by atoms with van der Waals surface area (Å²) in [6, 6.07) is 0. The molecule has 0 bridgehead atoms. The molecule has 0 spiro atoms. The lowest BCUT2D eigenvalue weighted by Crippen LogP contribution is -2.37. The third-order valence-corrected chi connectivity index (χ3v) is 4.80. The van der Waals surface area contributed by atoms with Crippen LogP contribution in [-0.4, -0.2) is 46.0 Å². The highest BCUT2D eigenvalue weighted by Crippen LogP contribution is 2.28. The molecule has 0 unspecified atom stereocenters. The number of carbonyl (C=O) groups is 2. The van der Waals surface area contributed by atoms with E-state index in [-0.39, 0.29) is 24.6 Å². The van der Waals surface area contributed by atoms with Gasteiger partial charge in [-0.2, -0.15) is 0 Å². The Morgan fingerprint density at radius 2 is 2.08 bits per heavy atom. The van der Waals surface area contributed by atoms with Crippen LogP contribution in [0.3, 0.4) is 0 Å². The van der Waals surface area contributed by atoms with Crippen LogP contribution >= 0.6 is 11.3 Å². The minimum atomic E-state index is -0.438. The molecule has 2 aromatic rings. The Bertz CT molecular complexity index is 825. The topological polar surface area (TPSA) is 81.5 Å². The van der Waals surface area contributed by atoms with Gasteiger partial charge in [0, 0.05) is 13.6 Å². The number of esters is 1. The zero-order valence-electron chi connectivity index (χ0n) is 14.3. The Labute approximate surface area is 143 Å². The first kappa shape index (κ1) is 18.1. The zero-order valence-corrected chi connectivity index (χ0v) is 15.1. The number of rotatable bonds is 6. The first-order valence-electron chi connectivity index (χ1n) is 7.80. The standard InChI is InChI=1S/C16H21N3O4S/c1-5-7-19(8-11(20)23-6-2)16(22)13-10(3)12-14(24-13)17-9-18(4)15(12)21/h9H,5-8H2,1-4H3. The SMILES string of the molecule is CCCN(CC(=O)OCC)C(=O)c1sc2ncn(C)c(=O)c2c1C. The van der Waals surface area contributed by atoms with Gasteiger partial charge in [-0.05, 0) is 25.8 Å². The van der Waals surface area contributed by atoms with E-state index in [9.17, 15) is 14.4 Å². The van der Waals surface area contributed by atoms with Crippen molar-refractivity contribution in [1.82, 2.24) is 14.5 Å². The molecule has 1 amide bonds. The number of hydrogen-bond acceptors (Lipinski definition) is 6. The van der Waals surface area contributed by atoms with Crippen molar-refractivity contribution in [2.75, 3.05) is 19.7 Å². The van der Waals surface area contributed by atoms with Crippen LogP contribution in [0.2, 0.25) is 0 Å². The molecule has 0 N–H and O–H groups in total. The summed E-state index contributed by atoms with van der Waals surface area (Å²) in [5.41, 5.74) is 0.430. The van der Waals surface area contributed by atoms with Crippen LogP contribution in [0, 0.1) is 6.92 Å². The van der Waals surface area contributed by atoms with E-state index in [2.05, 4.69) is 4.98 Å². The summed E-state index contributed by atoms with van der Waals surface area (Å²) in [5, 5.41) is 0.459. The molecule has 0 radical (unpaired) electrons. The molecule has 0 saturated heterocycles. The Balaban J connectivity index is 2.41. The van der Waals surface area contributed by atoms with Crippen molar-refractivity contribution < 1.29 is 14.3 Å². The Morgan fingerprint density at radius 1 is 1.38 bits per heavy atom. The Morgan fingerprint density at radius 3 is 2.71 bits per heavy atom. The maximum atomic E-state index is 12.9. The van der Waals surface area contributed by atoms with Crippen LogP contribution in [0.15, 0.2) is 11.1 Å². The summed E-state index contributed by atoms with van der Waals surface area (Å²) in [7, 11) is 1.62. The third-order valence-electron chi connectivity index (χ3n) is 3.61. The van der Waals surface area contributed by atoms with Crippen molar-refractivity contribution in [1.29, 1.82) is 0 Å². The van der Waals surface area contributed by atoms with Gasteiger partial charge in [0.1, 0.15) is 11.4 Å². The Hall–Kier alpha value is -2.22. The molecule has 0 aromatic carbocycles. The molecule has 2 rings (SSSR count). The van der Waals surface area contributed by atoms with Gasteiger partial charge in [0.15, 0.2) is 0 Å². The summed E-state index contributed by atoms with van der Waals surface area (Å²) >= 11 is 1.18. The molecule has 24 heavy (non-hydrogen) atoms. The van der Waals surface area contributed by atoms with Crippen LogP contribution in [0.1, 0.15) is 35.5 Å². The van der Waals surface area contributed by atoms with E-state index in [4.69, 9.17) is 4.74 Å². The molecular weight excluding hydrogens is 330 g/mol. The molecular formula is C16H21N3O4S. The number of hydrogen-bond donors (Lipinski definition) is 0. The number of ether oxygens (including phenoxy) is 1. The predicted octanol–water partition coefficient (Wildman–Crippen LogP) is 1.72. The molecule has 0 aliphatic heterocycles. The molecule has 0 aliphatic rings. The lowest BCUT2D eigenvalue weighted by atomic mass is 10.2. The lowest BCUT2D eigenvalue weighted by molar-refractivity contribution is -0.143. The quantitative estimate of drug-likeness (QED) is 0.740. The third kappa shape index (κ3) is 3.48. The molecule has 2 heterocycles. The monoisotopic (exact) mass is 351 g/mol. The number of nitrogens with zero attached hydrogens (tertiary/aromatic N) is 3. The van der Waals surface area contributed by atoms with Gasteiger partial charge >= 0.3 is 5.97 Å². The molecule has 2 aromatic heterocycles. The normalized spacial score (nSPS) is 10.8. The van der Waals surface area contributed by atoms with Crippen molar-refractivity contribution in [3.8, 4) is 0 Å². The fraction of sp³-hybridized carbons (Fsp3) is 0.500. The molecule has 0 atom stereocenters. The van der Waals surface area contributed by atoms with Crippen LogP contribution in [0.4, 0.5) is 0 Å². The van der Waals surface area contributed by atoms with Crippen LogP contribution in [0.5, 0.6) is 0 Å². The maximum Gasteiger partial charge on any atom is 0.325 e. The molecule has 130 valence electrons. The average Bonchev–Trinajstić information content (AvgIpc) is 2.87. The number of fused-ring (bicyclic) bond motifs is 1.